The van der Waals surface area contributed by atoms with Gasteiger partial charge in [-0.25, -0.2) is 0 Å². The van der Waals surface area contributed by atoms with Gasteiger partial charge in [0.15, 0.2) is 6.61 Å². The third-order valence-electron chi connectivity index (χ3n) is 3.52. The van der Waals surface area contributed by atoms with Crippen LogP contribution in [0.3, 0.4) is 0 Å². The second-order valence-electron chi connectivity index (χ2n) is 5.32. The number of unbranched alkanes of at least 4 members (excludes halogenated alkanes) is 1. The van der Waals surface area contributed by atoms with Gasteiger partial charge in [-0.15, -0.1) is 0 Å². The number of nitrogens with one attached hydrogen (secondary N) is 1. The van der Waals surface area contributed by atoms with E-state index in [4.69, 9.17) is 4.74 Å². The second kappa shape index (κ2) is 9.40. The molecule has 0 saturated heterocycles. The Bertz CT molecular complexity index is 386. The van der Waals surface area contributed by atoms with E-state index in [1.165, 1.54) is 24.8 Å². The third-order valence-corrected chi connectivity index (χ3v) is 3.52. The molecule has 1 aromatic rings. The molecule has 20 heavy (non-hydrogen) atoms. The second-order valence-corrected chi connectivity index (χ2v) is 5.32. The number of rotatable bonds is 9. The van der Waals surface area contributed by atoms with Crippen LogP contribution >= 0.6 is 0 Å². The van der Waals surface area contributed by atoms with E-state index in [-0.39, 0.29) is 12.5 Å². The van der Waals surface area contributed by atoms with Crippen LogP contribution in [0.2, 0.25) is 0 Å². The Labute approximate surface area is 122 Å². The van der Waals surface area contributed by atoms with Gasteiger partial charge in [0.2, 0.25) is 0 Å². The summed E-state index contributed by atoms with van der Waals surface area (Å²) in [6.07, 6.45) is 4.74. The Morgan fingerprint density at radius 1 is 1.25 bits per heavy atom. The summed E-state index contributed by atoms with van der Waals surface area (Å²) in [4.78, 5) is 11.7. The van der Waals surface area contributed by atoms with Crippen molar-refractivity contribution in [1.82, 2.24) is 5.32 Å². The zero-order chi connectivity index (χ0) is 14.8. The summed E-state index contributed by atoms with van der Waals surface area (Å²) in [6.45, 7) is 7.24. The van der Waals surface area contributed by atoms with Gasteiger partial charge in [-0.1, -0.05) is 50.8 Å². The Kier molecular flexibility index (Phi) is 7.78. The minimum atomic E-state index is -0.0412. The number of benzene rings is 1. The van der Waals surface area contributed by atoms with Crippen LogP contribution in [0, 0.1) is 12.8 Å². The predicted molar refractivity (Wildman–Crippen MR) is 83.0 cm³/mol. The van der Waals surface area contributed by atoms with Gasteiger partial charge in [-0.3, -0.25) is 4.79 Å². The summed E-state index contributed by atoms with van der Waals surface area (Å²) in [7, 11) is 0. The lowest BCUT2D eigenvalue weighted by atomic mass is 9.99. The Morgan fingerprint density at radius 3 is 2.55 bits per heavy atom. The summed E-state index contributed by atoms with van der Waals surface area (Å²) < 4.78 is 5.46. The first-order valence-corrected chi connectivity index (χ1v) is 7.61. The van der Waals surface area contributed by atoms with Crippen molar-refractivity contribution in [3.63, 3.8) is 0 Å². The zero-order valence-electron chi connectivity index (χ0n) is 12.9. The van der Waals surface area contributed by atoms with Crippen molar-refractivity contribution >= 4 is 5.91 Å². The highest BCUT2D eigenvalue weighted by Crippen LogP contribution is 2.12. The molecule has 0 aromatic heterocycles. The predicted octanol–water partition coefficient (Wildman–Crippen LogP) is 3.71. The Hall–Kier alpha value is -1.51. The number of carbonyl (C=O) groups is 1. The van der Waals surface area contributed by atoms with Crippen molar-refractivity contribution < 1.29 is 9.53 Å². The lowest BCUT2D eigenvalue weighted by molar-refractivity contribution is -0.123. The molecule has 0 aliphatic rings. The minimum absolute atomic E-state index is 0.0412. The van der Waals surface area contributed by atoms with E-state index in [0.717, 1.165) is 18.7 Å². The van der Waals surface area contributed by atoms with Crippen LogP contribution < -0.4 is 10.1 Å². The molecule has 112 valence electrons. The van der Waals surface area contributed by atoms with Crippen LogP contribution in [-0.4, -0.2) is 19.1 Å². The van der Waals surface area contributed by atoms with Crippen LogP contribution in [0.4, 0.5) is 0 Å². The summed E-state index contributed by atoms with van der Waals surface area (Å²) in [5.41, 5.74) is 1.18. The normalized spacial score (nSPS) is 11.9. The molecule has 0 aliphatic heterocycles. The fourth-order valence-electron chi connectivity index (χ4n) is 2.04. The molecule has 0 bridgehead atoms. The summed E-state index contributed by atoms with van der Waals surface area (Å²) in [6, 6.07) is 7.73. The first-order valence-electron chi connectivity index (χ1n) is 7.61. The van der Waals surface area contributed by atoms with Crippen molar-refractivity contribution in [3.8, 4) is 5.75 Å². The van der Waals surface area contributed by atoms with Crippen molar-refractivity contribution in [2.75, 3.05) is 13.2 Å². The smallest absolute Gasteiger partial charge is 0.257 e. The first kappa shape index (κ1) is 16.5. The van der Waals surface area contributed by atoms with E-state index >= 15 is 0 Å². The van der Waals surface area contributed by atoms with E-state index in [2.05, 4.69) is 19.2 Å². The zero-order valence-corrected chi connectivity index (χ0v) is 12.9. The molecule has 1 atom stereocenters. The lowest BCUT2D eigenvalue weighted by Crippen LogP contribution is -2.33. The van der Waals surface area contributed by atoms with Crippen LogP contribution in [-0.2, 0) is 4.79 Å². The molecular formula is C17H27NO2. The number of hydrogen-bond acceptors (Lipinski definition) is 2. The lowest BCUT2D eigenvalue weighted by Gasteiger charge is -2.15. The van der Waals surface area contributed by atoms with Crippen LogP contribution in [0.25, 0.3) is 0 Å². The highest BCUT2D eigenvalue weighted by molar-refractivity contribution is 5.77. The van der Waals surface area contributed by atoms with Gasteiger partial charge in [-0.05, 0) is 31.4 Å². The van der Waals surface area contributed by atoms with Gasteiger partial charge in [0.05, 0.1) is 0 Å². The van der Waals surface area contributed by atoms with Crippen LogP contribution in [0.1, 0.15) is 45.1 Å². The summed E-state index contributed by atoms with van der Waals surface area (Å²) in [5.74, 6) is 1.28. The highest BCUT2D eigenvalue weighted by Gasteiger charge is 2.08. The molecule has 3 heteroatoms. The molecule has 1 aromatic carbocycles. The van der Waals surface area contributed by atoms with E-state index in [0.29, 0.717) is 5.92 Å². The first-order chi connectivity index (χ1) is 9.65. The van der Waals surface area contributed by atoms with Gasteiger partial charge in [0.25, 0.3) is 5.91 Å². The fourth-order valence-corrected chi connectivity index (χ4v) is 2.04. The number of carbonyl (C=O) groups excluding carboxylic acids is 1. The number of hydrogen-bond donors (Lipinski definition) is 1. The van der Waals surface area contributed by atoms with Crippen LogP contribution in [0.5, 0.6) is 5.75 Å². The maximum atomic E-state index is 11.7. The average molecular weight is 277 g/mol. The Balaban J connectivity index is 2.24. The van der Waals surface area contributed by atoms with E-state index < -0.39 is 0 Å². The number of aryl methyl sites for hydroxylation is 1. The number of amides is 1. The molecule has 1 amide bonds. The highest BCUT2D eigenvalue weighted by atomic mass is 16.5. The topological polar surface area (TPSA) is 38.3 Å². The van der Waals surface area contributed by atoms with E-state index in [1.54, 1.807) is 0 Å². The quantitative estimate of drug-likeness (QED) is 0.747. The van der Waals surface area contributed by atoms with Gasteiger partial charge < -0.3 is 10.1 Å². The van der Waals surface area contributed by atoms with Gasteiger partial charge in [-0.2, -0.15) is 0 Å². The molecule has 0 saturated carbocycles. The van der Waals surface area contributed by atoms with Gasteiger partial charge >= 0.3 is 0 Å². The standard InChI is InChI=1S/C17H27NO2/c1-4-6-7-15(5-2)12-18-17(19)13-20-16-10-8-14(3)9-11-16/h8-11,15H,4-7,12-13H2,1-3H3,(H,18,19)/t15-/m1/s1. The van der Waals surface area contributed by atoms with Gasteiger partial charge in [0.1, 0.15) is 5.75 Å². The molecule has 0 radical (unpaired) electrons. The third kappa shape index (κ3) is 6.60. The molecule has 1 N–H and O–H groups in total. The Morgan fingerprint density at radius 2 is 1.95 bits per heavy atom. The van der Waals surface area contributed by atoms with Crippen molar-refractivity contribution in [2.45, 2.75) is 46.5 Å². The molecule has 0 fully saturated rings. The van der Waals surface area contributed by atoms with E-state index in [1.807, 2.05) is 31.2 Å². The molecule has 1 rings (SSSR count). The number of ether oxygens (including phenoxy) is 1. The molecule has 3 nitrogen and oxygen atoms in total. The van der Waals surface area contributed by atoms with Crippen molar-refractivity contribution in [1.29, 1.82) is 0 Å². The largest absolute Gasteiger partial charge is 0.484 e. The maximum Gasteiger partial charge on any atom is 0.257 e. The van der Waals surface area contributed by atoms with Crippen molar-refractivity contribution in [3.05, 3.63) is 29.8 Å². The molecule has 0 unspecified atom stereocenters. The molecular weight excluding hydrogens is 250 g/mol. The molecule has 0 spiro atoms. The van der Waals surface area contributed by atoms with Crippen LogP contribution in [0.15, 0.2) is 24.3 Å². The minimum Gasteiger partial charge on any atom is -0.484 e. The molecule has 0 aliphatic carbocycles. The average Bonchev–Trinajstić information content (AvgIpc) is 2.47. The summed E-state index contributed by atoms with van der Waals surface area (Å²) >= 11 is 0. The molecule has 0 heterocycles. The van der Waals surface area contributed by atoms with Crippen molar-refractivity contribution in [2.24, 2.45) is 5.92 Å². The summed E-state index contributed by atoms with van der Waals surface area (Å²) in [5, 5.41) is 2.96. The maximum absolute atomic E-state index is 11.7. The fraction of sp³-hybridized carbons (Fsp3) is 0.588. The SMILES string of the molecule is CCCC[C@@H](CC)CNC(=O)COc1ccc(C)cc1. The van der Waals surface area contributed by atoms with E-state index in [9.17, 15) is 4.79 Å². The van der Waals surface area contributed by atoms with Gasteiger partial charge in [0, 0.05) is 6.54 Å². The monoisotopic (exact) mass is 277 g/mol.